The second-order valence-electron chi connectivity index (χ2n) is 8.28. The first-order chi connectivity index (χ1) is 17.6. The van der Waals surface area contributed by atoms with Gasteiger partial charge in [0.1, 0.15) is 12.4 Å². The Kier molecular flexibility index (Phi) is 7.29. The van der Waals surface area contributed by atoms with Crippen molar-refractivity contribution in [3.8, 4) is 28.0 Å². The number of anilines is 1. The summed E-state index contributed by atoms with van der Waals surface area (Å²) in [6.45, 7) is 1.43. The normalized spacial score (nSPS) is 11.1. The maximum absolute atomic E-state index is 13.7. The Morgan fingerprint density at radius 2 is 1.46 bits per heavy atom. The summed E-state index contributed by atoms with van der Waals surface area (Å²) >= 11 is 0. The predicted octanol–water partition coefficient (Wildman–Crippen LogP) is 7.28. The van der Waals surface area contributed by atoms with E-state index in [1.165, 1.54) is 25.1 Å². The molecule has 0 radical (unpaired) electrons. The van der Waals surface area contributed by atoms with Crippen LogP contribution in [0.4, 0.5) is 18.9 Å². The van der Waals surface area contributed by atoms with Crippen LogP contribution in [-0.2, 0) is 17.6 Å². The Labute approximate surface area is 211 Å². The molecule has 4 aromatic rings. The monoisotopic (exact) mass is 505 g/mol. The van der Waals surface area contributed by atoms with Gasteiger partial charge in [-0.3, -0.25) is 4.79 Å². The Morgan fingerprint density at radius 3 is 2.08 bits per heavy atom. The van der Waals surface area contributed by atoms with Crippen molar-refractivity contribution in [3.63, 3.8) is 0 Å². The van der Waals surface area contributed by atoms with Gasteiger partial charge in [0.15, 0.2) is 0 Å². The SMILES string of the molecule is CC(=O)Nc1ccc(-c2ccccc2-c2cc(C(F)(F)F)ccc2OCc2ccccc2)c(C(=O)O)c1. The molecule has 0 saturated carbocycles. The van der Waals surface area contributed by atoms with Crippen LogP contribution in [0.1, 0.15) is 28.4 Å². The van der Waals surface area contributed by atoms with E-state index in [0.717, 1.165) is 17.7 Å². The Morgan fingerprint density at radius 1 is 0.811 bits per heavy atom. The van der Waals surface area contributed by atoms with E-state index in [9.17, 15) is 27.9 Å². The maximum Gasteiger partial charge on any atom is 0.416 e. The minimum atomic E-state index is -4.59. The van der Waals surface area contributed by atoms with Gasteiger partial charge < -0.3 is 15.2 Å². The Bertz CT molecular complexity index is 1450. The number of amides is 1. The lowest BCUT2D eigenvalue weighted by Crippen LogP contribution is -2.08. The van der Waals surface area contributed by atoms with E-state index in [2.05, 4.69) is 5.32 Å². The molecule has 8 heteroatoms. The summed E-state index contributed by atoms with van der Waals surface area (Å²) in [5, 5.41) is 12.4. The molecule has 4 aromatic carbocycles. The molecule has 0 heterocycles. The van der Waals surface area contributed by atoms with Gasteiger partial charge in [-0.05, 0) is 52.6 Å². The van der Waals surface area contributed by atoms with E-state index in [1.54, 1.807) is 30.3 Å². The van der Waals surface area contributed by atoms with Crippen molar-refractivity contribution in [2.45, 2.75) is 19.7 Å². The molecule has 188 valence electrons. The third-order valence-corrected chi connectivity index (χ3v) is 5.62. The highest BCUT2D eigenvalue weighted by Gasteiger charge is 2.32. The molecule has 0 fully saturated rings. The Hall–Kier alpha value is -4.59. The highest BCUT2D eigenvalue weighted by Crippen LogP contribution is 2.42. The minimum Gasteiger partial charge on any atom is -0.488 e. The molecule has 0 aliphatic rings. The zero-order chi connectivity index (χ0) is 26.6. The zero-order valence-electron chi connectivity index (χ0n) is 19.7. The summed E-state index contributed by atoms with van der Waals surface area (Å²) in [5.74, 6) is -1.40. The van der Waals surface area contributed by atoms with Gasteiger partial charge in [-0.25, -0.2) is 4.79 Å². The summed E-state index contributed by atoms with van der Waals surface area (Å²) in [6.07, 6.45) is -4.59. The van der Waals surface area contributed by atoms with E-state index in [4.69, 9.17) is 4.74 Å². The van der Waals surface area contributed by atoms with Crippen molar-refractivity contribution in [2.75, 3.05) is 5.32 Å². The van der Waals surface area contributed by atoms with E-state index in [-0.39, 0.29) is 40.6 Å². The number of benzene rings is 4. The second-order valence-corrected chi connectivity index (χ2v) is 8.28. The number of hydrogen-bond donors (Lipinski definition) is 2. The first-order valence-electron chi connectivity index (χ1n) is 11.3. The number of carboxylic acids is 1. The van der Waals surface area contributed by atoms with Crippen molar-refractivity contribution < 1.29 is 32.6 Å². The number of nitrogens with one attached hydrogen (secondary N) is 1. The number of rotatable bonds is 7. The van der Waals surface area contributed by atoms with Gasteiger partial charge in [-0.2, -0.15) is 13.2 Å². The highest BCUT2D eigenvalue weighted by molar-refractivity contribution is 6.01. The second kappa shape index (κ2) is 10.6. The fraction of sp³-hybridized carbons (Fsp3) is 0.103. The lowest BCUT2D eigenvalue weighted by molar-refractivity contribution is -0.137. The van der Waals surface area contributed by atoms with Gasteiger partial charge >= 0.3 is 12.1 Å². The number of hydrogen-bond acceptors (Lipinski definition) is 3. The van der Waals surface area contributed by atoms with Crippen molar-refractivity contribution in [2.24, 2.45) is 0 Å². The number of halogens is 3. The molecule has 0 spiro atoms. The number of carbonyl (C=O) groups excluding carboxylic acids is 1. The lowest BCUT2D eigenvalue weighted by Gasteiger charge is -2.18. The van der Waals surface area contributed by atoms with Crippen LogP contribution in [0.25, 0.3) is 22.3 Å². The largest absolute Gasteiger partial charge is 0.488 e. The van der Waals surface area contributed by atoms with Crippen LogP contribution in [0.2, 0.25) is 0 Å². The molecular weight excluding hydrogens is 483 g/mol. The number of aromatic carboxylic acids is 1. The van der Waals surface area contributed by atoms with Gasteiger partial charge in [-0.15, -0.1) is 0 Å². The number of carbonyl (C=O) groups is 2. The van der Waals surface area contributed by atoms with E-state index in [1.807, 2.05) is 30.3 Å². The molecule has 2 N–H and O–H groups in total. The summed E-state index contributed by atoms with van der Waals surface area (Å²) in [7, 11) is 0. The van der Waals surface area contributed by atoms with Crippen LogP contribution in [0.3, 0.4) is 0 Å². The summed E-state index contributed by atoms with van der Waals surface area (Å²) in [5.41, 5.74) is 1.37. The molecule has 0 aromatic heterocycles. The first kappa shape index (κ1) is 25.5. The molecule has 0 unspecified atom stereocenters. The Balaban J connectivity index is 1.87. The smallest absolute Gasteiger partial charge is 0.416 e. The molecule has 0 bridgehead atoms. The van der Waals surface area contributed by atoms with Gasteiger partial charge in [0.2, 0.25) is 5.91 Å². The average molecular weight is 505 g/mol. The quantitative estimate of drug-likeness (QED) is 0.277. The van der Waals surface area contributed by atoms with Crippen LogP contribution in [-0.4, -0.2) is 17.0 Å². The first-order valence-corrected chi connectivity index (χ1v) is 11.3. The molecule has 0 atom stereocenters. The average Bonchev–Trinajstić information content (AvgIpc) is 2.87. The lowest BCUT2D eigenvalue weighted by atomic mass is 9.90. The van der Waals surface area contributed by atoms with Crippen molar-refractivity contribution in [1.82, 2.24) is 0 Å². The van der Waals surface area contributed by atoms with Gasteiger partial charge in [0.05, 0.1) is 11.1 Å². The summed E-state index contributed by atoms with van der Waals surface area (Å²) < 4.78 is 46.9. The fourth-order valence-electron chi connectivity index (χ4n) is 3.97. The third kappa shape index (κ3) is 5.98. The third-order valence-electron chi connectivity index (χ3n) is 5.62. The number of ether oxygens (including phenoxy) is 1. The number of carboxylic acid groups (broad SMARTS) is 1. The van der Waals surface area contributed by atoms with Gasteiger partial charge in [0, 0.05) is 18.2 Å². The maximum atomic E-state index is 13.7. The standard InChI is InChI=1S/C29H22F3NO4/c1-18(34)33-21-12-13-24(26(16-21)28(35)36)22-9-5-6-10-23(22)25-15-20(29(30,31)32)11-14-27(25)37-17-19-7-3-2-4-8-19/h2-16H,17H2,1H3,(H,33,34)(H,35,36). The molecule has 0 aliphatic carbocycles. The van der Waals surface area contributed by atoms with Crippen LogP contribution in [0.15, 0.2) is 91.0 Å². The van der Waals surface area contributed by atoms with Crippen molar-refractivity contribution >= 4 is 17.6 Å². The van der Waals surface area contributed by atoms with Crippen LogP contribution >= 0.6 is 0 Å². The minimum absolute atomic E-state index is 0.113. The molecule has 37 heavy (non-hydrogen) atoms. The summed E-state index contributed by atoms with van der Waals surface area (Å²) in [4.78, 5) is 23.5. The molecule has 0 saturated heterocycles. The molecule has 4 rings (SSSR count). The van der Waals surface area contributed by atoms with Gasteiger partial charge in [-0.1, -0.05) is 60.7 Å². The zero-order valence-corrected chi connectivity index (χ0v) is 19.7. The topological polar surface area (TPSA) is 75.6 Å². The predicted molar refractivity (Wildman–Crippen MR) is 134 cm³/mol. The molecule has 1 amide bonds. The summed E-state index contributed by atoms with van der Waals surface area (Å²) in [6, 6.07) is 23.4. The van der Waals surface area contributed by atoms with Crippen LogP contribution < -0.4 is 10.1 Å². The highest BCUT2D eigenvalue weighted by atomic mass is 19.4. The van der Waals surface area contributed by atoms with E-state index in [0.29, 0.717) is 11.1 Å². The van der Waals surface area contributed by atoms with E-state index >= 15 is 0 Å². The van der Waals surface area contributed by atoms with Crippen molar-refractivity contribution in [1.29, 1.82) is 0 Å². The van der Waals surface area contributed by atoms with Crippen LogP contribution in [0.5, 0.6) is 5.75 Å². The molecular formula is C29H22F3NO4. The fourth-order valence-corrected chi connectivity index (χ4v) is 3.97. The van der Waals surface area contributed by atoms with Crippen molar-refractivity contribution in [3.05, 3.63) is 108 Å². The molecule has 5 nitrogen and oxygen atoms in total. The van der Waals surface area contributed by atoms with Crippen LogP contribution in [0, 0.1) is 0 Å². The van der Waals surface area contributed by atoms with E-state index < -0.39 is 17.7 Å². The molecule has 0 aliphatic heterocycles. The van der Waals surface area contributed by atoms with Gasteiger partial charge in [0.25, 0.3) is 0 Å². The number of alkyl halides is 3.